The van der Waals surface area contributed by atoms with Gasteiger partial charge >= 0.3 is 0 Å². The van der Waals surface area contributed by atoms with Crippen LogP contribution in [0.5, 0.6) is 0 Å². The summed E-state index contributed by atoms with van der Waals surface area (Å²) in [6.45, 7) is 9.97. The van der Waals surface area contributed by atoms with E-state index in [1.54, 1.807) is 0 Å². The number of aliphatic hydroxyl groups is 1. The highest BCUT2D eigenvalue weighted by atomic mass is 16.3. The topological polar surface area (TPSA) is 39.6 Å². The van der Waals surface area contributed by atoms with Gasteiger partial charge < -0.3 is 10.0 Å². The van der Waals surface area contributed by atoms with Crippen molar-refractivity contribution in [2.75, 3.05) is 31.1 Å². The molecular weight excluding hydrogens is 238 g/mol. The molecule has 0 aromatic carbocycles. The van der Waals surface area contributed by atoms with Crippen molar-refractivity contribution in [3.63, 3.8) is 0 Å². The van der Waals surface area contributed by atoms with Crippen LogP contribution < -0.4 is 4.90 Å². The molecule has 1 aromatic heterocycles. The molecule has 1 aromatic rings. The number of pyridine rings is 1. The molecule has 4 nitrogen and oxygen atoms in total. The maximum atomic E-state index is 9.57. The van der Waals surface area contributed by atoms with Crippen molar-refractivity contribution in [3.8, 4) is 0 Å². The number of hydrogen-bond acceptors (Lipinski definition) is 4. The van der Waals surface area contributed by atoms with Crippen LogP contribution >= 0.6 is 0 Å². The van der Waals surface area contributed by atoms with E-state index >= 15 is 0 Å². The molecule has 2 atom stereocenters. The summed E-state index contributed by atoms with van der Waals surface area (Å²) in [5, 5.41) is 9.57. The van der Waals surface area contributed by atoms with Gasteiger partial charge in [-0.05, 0) is 32.4 Å². The molecule has 0 spiro atoms. The molecule has 1 N–H and O–H groups in total. The van der Waals surface area contributed by atoms with E-state index in [9.17, 15) is 5.11 Å². The van der Waals surface area contributed by atoms with Gasteiger partial charge in [0.2, 0.25) is 0 Å². The van der Waals surface area contributed by atoms with Crippen LogP contribution in [0.3, 0.4) is 0 Å². The van der Waals surface area contributed by atoms with Crippen LogP contribution in [0.15, 0.2) is 18.3 Å². The number of aliphatic hydroxyl groups excluding tert-OH is 1. The third-order valence-electron chi connectivity index (χ3n) is 3.82. The standard InChI is InChI=1S/C15H25N3O/c1-4-14-11-18(8-7-17(14)10-13(3)19)15-5-6-16-12(2)9-15/h5-6,9,13-14,19H,4,7-8,10-11H2,1-3H3. The van der Waals surface area contributed by atoms with E-state index in [0.717, 1.165) is 38.3 Å². The summed E-state index contributed by atoms with van der Waals surface area (Å²) in [6, 6.07) is 4.76. The maximum absolute atomic E-state index is 9.57. The van der Waals surface area contributed by atoms with Crippen molar-refractivity contribution in [2.24, 2.45) is 0 Å². The van der Waals surface area contributed by atoms with E-state index < -0.39 is 0 Å². The zero-order valence-electron chi connectivity index (χ0n) is 12.2. The minimum atomic E-state index is -0.247. The van der Waals surface area contributed by atoms with E-state index in [2.05, 4.69) is 33.8 Å². The van der Waals surface area contributed by atoms with Gasteiger partial charge in [-0.1, -0.05) is 6.92 Å². The predicted molar refractivity (Wildman–Crippen MR) is 78.5 cm³/mol. The lowest BCUT2D eigenvalue weighted by atomic mass is 10.1. The number of rotatable bonds is 4. The van der Waals surface area contributed by atoms with Crippen molar-refractivity contribution in [3.05, 3.63) is 24.0 Å². The number of aryl methyl sites for hydroxylation is 1. The minimum Gasteiger partial charge on any atom is -0.392 e. The van der Waals surface area contributed by atoms with Gasteiger partial charge in [0.05, 0.1) is 6.10 Å². The van der Waals surface area contributed by atoms with Crippen molar-refractivity contribution >= 4 is 5.69 Å². The highest BCUT2D eigenvalue weighted by Gasteiger charge is 2.26. The molecule has 0 radical (unpaired) electrons. The Hall–Kier alpha value is -1.13. The molecule has 1 fully saturated rings. The Bertz CT molecular complexity index is 408. The summed E-state index contributed by atoms with van der Waals surface area (Å²) in [6.07, 6.45) is 2.75. The highest BCUT2D eigenvalue weighted by molar-refractivity contribution is 5.47. The quantitative estimate of drug-likeness (QED) is 0.897. The molecule has 0 aliphatic carbocycles. The molecule has 0 saturated carbocycles. The lowest BCUT2D eigenvalue weighted by Gasteiger charge is -2.42. The zero-order chi connectivity index (χ0) is 13.8. The first-order valence-electron chi connectivity index (χ1n) is 7.20. The number of piperazine rings is 1. The van der Waals surface area contributed by atoms with Gasteiger partial charge in [0.15, 0.2) is 0 Å². The van der Waals surface area contributed by atoms with E-state index in [1.807, 2.05) is 20.0 Å². The van der Waals surface area contributed by atoms with E-state index in [0.29, 0.717) is 6.04 Å². The molecule has 2 unspecified atom stereocenters. The molecule has 19 heavy (non-hydrogen) atoms. The second kappa shape index (κ2) is 6.35. The fourth-order valence-electron chi connectivity index (χ4n) is 2.82. The highest BCUT2D eigenvalue weighted by Crippen LogP contribution is 2.20. The average Bonchev–Trinajstić information content (AvgIpc) is 2.38. The minimum absolute atomic E-state index is 0.247. The van der Waals surface area contributed by atoms with Crippen LogP contribution in [0.1, 0.15) is 26.0 Å². The third kappa shape index (κ3) is 3.67. The van der Waals surface area contributed by atoms with Crippen LogP contribution in [0.4, 0.5) is 5.69 Å². The molecule has 0 amide bonds. The zero-order valence-corrected chi connectivity index (χ0v) is 12.2. The van der Waals surface area contributed by atoms with Crippen LogP contribution in [0.2, 0.25) is 0 Å². The number of aromatic nitrogens is 1. The van der Waals surface area contributed by atoms with Crippen LogP contribution in [-0.4, -0.2) is 53.3 Å². The van der Waals surface area contributed by atoms with Crippen LogP contribution in [0.25, 0.3) is 0 Å². The van der Waals surface area contributed by atoms with Crippen LogP contribution in [0, 0.1) is 6.92 Å². The fraction of sp³-hybridized carbons (Fsp3) is 0.667. The predicted octanol–water partition coefficient (Wildman–Crippen LogP) is 1.67. The molecule has 1 aliphatic heterocycles. The Balaban J connectivity index is 2.04. The monoisotopic (exact) mass is 263 g/mol. The first-order chi connectivity index (χ1) is 9.10. The van der Waals surface area contributed by atoms with E-state index in [4.69, 9.17) is 0 Å². The van der Waals surface area contributed by atoms with Crippen molar-refractivity contribution in [2.45, 2.75) is 39.3 Å². The van der Waals surface area contributed by atoms with E-state index in [-0.39, 0.29) is 6.10 Å². The maximum Gasteiger partial charge on any atom is 0.0639 e. The van der Waals surface area contributed by atoms with Gasteiger partial charge in [-0.3, -0.25) is 9.88 Å². The molecule has 0 bridgehead atoms. The van der Waals surface area contributed by atoms with Gasteiger partial charge in [0.25, 0.3) is 0 Å². The van der Waals surface area contributed by atoms with Gasteiger partial charge in [0, 0.05) is 49.8 Å². The second-order valence-electron chi connectivity index (χ2n) is 5.51. The molecular formula is C15H25N3O. The van der Waals surface area contributed by atoms with Crippen LogP contribution in [-0.2, 0) is 0 Å². The molecule has 106 valence electrons. The molecule has 2 rings (SSSR count). The Morgan fingerprint density at radius 2 is 2.26 bits per heavy atom. The summed E-state index contributed by atoms with van der Waals surface area (Å²) in [5.74, 6) is 0. The largest absolute Gasteiger partial charge is 0.392 e. The molecule has 2 heterocycles. The van der Waals surface area contributed by atoms with Gasteiger partial charge in [-0.15, -0.1) is 0 Å². The van der Waals surface area contributed by atoms with Gasteiger partial charge in [0.1, 0.15) is 0 Å². The molecule has 1 aliphatic rings. The smallest absolute Gasteiger partial charge is 0.0639 e. The first-order valence-corrected chi connectivity index (χ1v) is 7.20. The molecule has 4 heteroatoms. The average molecular weight is 263 g/mol. The second-order valence-corrected chi connectivity index (χ2v) is 5.51. The SMILES string of the molecule is CCC1CN(c2ccnc(C)c2)CCN1CC(C)O. The Kier molecular flexibility index (Phi) is 4.77. The number of hydrogen-bond donors (Lipinski definition) is 1. The first kappa shape index (κ1) is 14.3. The van der Waals surface area contributed by atoms with E-state index in [1.165, 1.54) is 5.69 Å². The fourth-order valence-corrected chi connectivity index (χ4v) is 2.82. The van der Waals surface area contributed by atoms with Crippen molar-refractivity contribution < 1.29 is 5.11 Å². The third-order valence-corrected chi connectivity index (χ3v) is 3.82. The molecule has 1 saturated heterocycles. The summed E-state index contributed by atoms with van der Waals surface area (Å²) < 4.78 is 0. The summed E-state index contributed by atoms with van der Waals surface area (Å²) in [7, 11) is 0. The summed E-state index contributed by atoms with van der Waals surface area (Å²) in [5.41, 5.74) is 2.33. The summed E-state index contributed by atoms with van der Waals surface area (Å²) in [4.78, 5) is 9.10. The number of nitrogens with zero attached hydrogens (tertiary/aromatic N) is 3. The Labute approximate surface area is 116 Å². The normalized spacial score (nSPS) is 22.5. The Morgan fingerprint density at radius 3 is 2.89 bits per heavy atom. The van der Waals surface area contributed by atoms with Crippen molar-refractivity contribution in [1.29, 1.82) is 0 Å². The summed E-state index contributed by atoms with van der Waals surface area (Å²) >= 11 is 0. The lowest BCUT2D eigenvalue weighted by Crippen LogP contribution is -2.54. The number of anilines is 1. The number of β-amino-alcohol motifs (C(OH)–C–C–N with tert-alkyl or cyclic N) is 1. The Morgan fingerprint density at radius 1 is 1.47 bits per heavy atom. The van der Waals surface area contributed by atoms with Gasteiger partial charge in [-0.25, -0.2) is 0 Å². The van der Waals surface area contributed by atoms with Crippen molar-refractivity contribution in [1.82, 2.24) is 9.88 Å². The lowest BCUT2D eigenvalue weighted by molar-refractivity contribution is 0.0886. The van der Waals surface area contributed by atoms with Gasteiger partial charge in [-0.2, -0.15) is 0 Å².